The highest BCUT2D eigenvalue weighted by Gasteiger charge is 2.26. The second kappa shape index (κ2) is 6.41. The summed E-state index contributed by atoms with van der Waals surface area (Å²) >= 11 is 0. The zero-order valence-electron chi connectivity index (χ0n) is 9.71. The Morgan fingerprint density at radius 2 is 2.07 bits per heavy atom. The Bertz CT molecular complexity index is 233. The molecule has 0 aromatic carbocycles. The number of nitrogens with zero attached hydrogens (tertiary/aromatic N) is 1. The van der Waals surface area contributed by atoms with Crippen LogP contribution in [0.4, 0.5) is 0 Å². The van der Waals surface area contributed by atoms with Gasteiger partial charge in [0.2, 0.25) is 5.91 Å². The van der Waals surface area contributed by atoms with E-state index in [0.717, 1.165) is 12.8 Å². The van der Waals surface area contributed by atoms with E-state index in [2.05, 4.69) is 5.32 Å². The summed E-state index contributed by atoms with van der Waals surface area (Å²) in [6, 6.07) is 1.88. The lowest BCUT2D eigenvalue weighted by molar-refractivity contribution is -0.123. The second-order valence-electron chi connectivity index (χ2n) is 3.93. The zero-order valence-corrected chi connectivity index (χ0v) is 9.71. The van der Waals surface area contributed by atoms with Crippen LogP contribution in [0.2, 0.25) is 0 Å². The number of nitrogens with one attached hydrogen (secondary N) is 1. The molecule has 1 unspecified atom stereocenters. The fourth-order valence-corrected chi connectivity index (χ4v) is 1.27. The van der Waals surface area contributed by atoms with Crippen molar-refractivity contribution in [1.82, 2.24) is 5.32 Å². The number of hydrogen-bond acceptors (Lipinski definition) is 3. The molecule has 86 valence electrons. The summed E-state index contributed by atoms with van der Waals surface area (Å²) in [5, 5.41) is 20.5. The highest BCUT2D eigenvalue weighted by atomic mass is 16.3. The number of carbonyl (C=O) groups excluding carboxylic acids is 1. The fraction of sp³-hybridized carbons (Fsp3) is 0.818. The zero-order chi connectivity index (χ0) is 11.9. The number of carbonyl (C=O) groups is 1. The summed E-state index contributed by atoms with van der Waals surface area (Å²) in [5.41, 5.74) is -0.245. The molecular formula is C11H20N2O2. The Kier molecular flexibility index (Phi) is 5.95. The van der Waals surface area contributed by atoms with Gasteiger partial charge in [0.1, 0.15) is 5.92 Å². The first kappa shape index (κ1) is 13.9. The monoisotopic (exact) mass is 212 g/mol. The normalized spacial score (nSPS) is 13.0. The summed E-state index contributed by atoms with van der Waals surface area (Å²) in [7, 11) is 0. The van der Waals surface area contributed by atoms with Crippen LogP contribution in [-0.4, -0.2) is 24.2 Å². The number of rotatable bonds is 6. The van der Waals surface area contributed by atoms with Crippen LogP contribution in [0.5, 0.6) is 0 Å². The minimum atomic E-state index is -0.630. The van der Waals surface area contributed by atoms with Crippen molar-refractivity contribution in [3.63, 3.8) is 0 Å². The Morgan fingerprint density at radius 1 is 1.53 bits per heavy atom. The number of aliphatic hydroxyl groups is 1. The molecule has 0 aliphatic rings. The van der Waals surface area contributed by atoms with Gasteiger partial charge in [0.05, 0.1) is 12.7 Å². The molecule has 0 aliphatic carbocycles. The van der Waals surface area contributed by atoms with Crippen LogP contribution in [0.15, 0.2) is 0 Å². The van der Waals surface area contributed by atoms with Gasteiger partial charge in [-0.1, -0.05) is 13.8 Å². The van der Waals surface area contributed by atoms with Gasteiger partial charge in [-0.05, 0) is 19.8 Å². The molecular weight excluding hydrogens is 192 g/mol. The van der Waals surface area contributed by atoms with Crippen molar-refractivity contribution < 1.29 is 9.90 Å². The predicted molar refractivity (Wildman–Crippen MR) is 57.9 cm³/mol. The standard InChI is InChI=1S/C11H20N2O2/c1-4-11(5-2,8-14)7-13-10(15)9(3)6-12/h9,14H,4-5,7-8H2,1-3H3,(H,13,15). The molecule has 0 heterocycles. The summed E-state index contributed by atoms with van der Waals surface area (Å²) in [6.45, 7) is 6.02. The first-order valence-electron chi connectivity index (χ1n) is 5.33. The van der Waals surface area contributed by atoms with Crippen molar-refractivity contribution in [2.75, 3.05) is 13.2 Å². The van der Waals surface area contributed by atoms with Crippen molar-refractivity contribution >= 4 is 5.91 Å². The van der Waals surface area contributed by atoms with E-state index in [4.69, 9.17) is 5.26 Å². The Balaban J connectivity index is 4.24. The highest BCUT2D eigenvalue weighted by Crippen LogP contribution is 2.24. The third kappa shape index (κ3) is 3.88. The number of nitriles is 1. The third-order valence-corrected chi connectivity index (χ3v) is 3.06. The maximum Gasteiger partial charge on any atom is 0.237 e. The SMILES string of the molecule is CCC(CC)(CO)CNC(=O)C(C)C#N. The van der Waals surface area contributed by atoms with Crippen LogP contribution >= 0.6 is 0 Å². The van der Waals surface area contributed by atoms with Crippen LogP contribution in [0.3, 0.4) is 0 Å². The lowest BCUT2D eigenvalue weighted by Gasteiger charge is -2.29. The average Bonchev–Trinajstić information content (AvgIpc) is 2.30. The van der Waals surface area contributed by atoms with Crippen LogP contribution in [0, 0.1) is 22.7 Å². The summed E-state index contributed by atoms with van der Waals surface area (Å²) in [4.78, 5) is 11.4. The lowest BCUT2D eigenvalue weighted by Crippen LogP contribution is -2.41. The summed E-state index contributed by atoms with van der Waals surface area (Å²) in [6.07, 6.45) is 1.61. The number of amides is 1. The van der Waals surface area contributed by atoms with Crippen molar-refractivity contribution in [2.45, 2.75) is 33.6 Å². The van der Waals surface area contributed by atoms with Crippen molar-refractivity contribution in [3.8, 4) is 6.07 Å². The molecule has 0 bridgehead atoms. The molecule has 0 aromatic heterocycles. The molecule has 0 spiro atoms. The highest BCUT2D eigenvalue weighted by molar-refractivity contribution is 5.80. The van der Waals surface area contributed by atoms with Gasteiger partial charge in [-0.25, -0.2) is 0 Å². The second-order valence-corrected chi connectivity index (χ2v) is 3.93. The largest absolute Gasteiger partial charge is 0.396 e. The van der Waals surface area contributed by atoms with Crippen LogP contribution in [0.25, 0.3) is 0 Å². The summed E-state index contributed by atoms with van der Waals surface area (Å²) in [5.74, 6) is -0.896. The van der Waals surface area contributed by atoms with Gasteiger partial charge in [0, 0.05) is 12.0 Å². The van der Waals surface area contributed by atoms with Gasteiger partial charge >= 0.3 is 0 Å². The first-order chi connectivity index (χ1) is 7.05. The maximum absolute atomic E-state index is 11.4. The molecule has 0 saturated carbocycles. The van der Waals surface area contributed by atoms with E-state index in [9.17, 15) is 9.90 Å². The van der Waals surface area contributed by atoms with Crippen molar-refractivity contribution in [2.24, 2.45) is 11.3 Å². The quantitative estimate of drug-likeness (QED) is 0.691. The van der Waals surface area contributed by atoms with Gasteiger partial charge in [-0.2, -0.15) is 5.26 Å². The lowest BCUT2D eigenvalue weighted by atomic mass is 9.83. The molecule has 0 saturated heterocycles. The van der Waals surface area contributed by atoms with E-state index >= 15 is 0 Å². The predicted octanol–water partition coefficient (Wildman–Crippen LogP) is 1.06. The van der Waals surface area contributed by atoms with Gasteiger partial charge < -0.3 is 10.4 Å². The molecule has 4 heteroatoms. The van der Waals surface area contributed by atoms with Crippen molar-refractivity contribution in [3.05, 3.63) is 0 Å². The topological polar surface area (TPSA) is 73.1 Å². The maximum atomic E-state index is 11.4. The third-order valence-electron chi connectivity index (χ3n) is 3.06. The Morgan fingerprint density at radius 3 is 2.40 bits per heavy atom. The van der Waals surface area contributed by atoms with E-state index in [1.165, 1.54) is 0 Å². The average molecular weight is 212 g/mol. The molecule has 2 N–H and O–H groups in total. The number of hydrogen-bond donors (Lipinski definition) is 2. The smallest absolute Gasteiger partial charge is 0.237 e. The van der Waals surface area contributed by atoms with Crippen molar-refractivity contribution in [1.29, 1.82) is 5.26 Å². The minimum absolute atomic E-state index is 0.0568. The molecule has 0 aliphatic heterocycles. The molecule has 0 aromatic rings. The van der Waals surface area contributed by atoms with E-state index in [1.54, 1.807) is 6.92 Å². The van der Waals surface area contributed by atoms with Crippen LogP contribution in [0.1, 0.15) is 33.6 Å². The van der Waals surface area contributed by atoms with Crippen LogP contribution < -0.4 is 5.32 Å². The van der Waals surface area contributed by atoms with Gasteiger partial charge in [-0.15, -0.1) is 0 Å². The minimum Gasteiger partial charge on any atom is -0.396 e. The van der Waals surface area contributed by atoms with E-state index in [0.29, 0.717) is 6.54 Å². The molecule has 0 radical (unpaired) electrons. The number of aliphatic hydroxyl groups excluding tert-OH is 1. The molecule has 1 amide bonds. The van der Waals surface area contributed by atoms with E-state index < -0.39 is 5.92 Å². The van der Waals surface area contributed by atoms with Gasteiger partial charge in [-0.3, -0.25) is 4.79 Å². The Hall–Kier alpha value is -1.08. The van der Waals surface area contributed by atoms with E-state index in [-0.39, 0.29) is 17.9 Å². The molecule has 15 heavy (non-hydrogen) atoms. The fourth-order valence-electron chi connectivity index (χ4n) is 1.27. The molecule has 1 atom stereocenters. The first-order valence-corrected chi connectivity index (χ1v) is 5.33. The Labute approximate surface area is 91.3 Å². The van der Waals surface area contributed by atoms with Crippen LogP contribution in [-0.2, 0) is 4.79 Å². The van der Waals surface area contributed by atoms with E-state index in [1.807, 2.05) is 19.9 Å². The van der Waals surface area contributed by atoms with Gasteiger partial charge in [0.25, 0.3) is 0 Å². The molecule has 4 nitrogen and oxygen atoms in total. The summed E-state index contributed by atoms with van der Waals surface area (Å²) < 4.78 is 0. The molecule has 0 rings (SSSR count). The molecule has 0 fully saturated rings. The van der Waals surface area contributed by atoms with Gasteiger partial charge in [0.15, 0.2) is 0 Å².